The summed E-state index contributed by atoms with van der Waals surface area (Å²) in [6.07, 6.45) is 3.38. The fourth-order valence-electron chi connectivity index (χ4n) is 3.87. The molecule has 37 heavy (non-hydrogen) atoms. The third-order valence-electron chi connectivity index (χ3n) is 5.84. The van der Waals surface area contributed by atoms with Gasteiger partial charge in [0.05, 0.1) is 11.9 Å². The Balaban J connectivity index is 2.22. The zero-order valence-electron chi connectivity index (χ0n) is 21.3. The summed E-state index contributed by atoms with van der Waals surface area (Å²) >= 11 is 12.4. The van der Waals surface area contributed by atoms with E-state index in [2.05, 4.69) is 5.32 Å². The Kier molecular flexibility index (Phi) is 12.1. The standard InChI is InChI=1S/C26H34Cl2FN3O4S/c1-4-6-15-30-26(34)24(5-2)31(18-19-9-10-20(27)17-23(19)28)25(33)8-7-16-32(37(3,35)36)22-13-11-21(29)12-14-22/h9-14,17,24H,4-8,15-16,18H2,1-3H3,(H,30,34). The zero-order valence-corrected chi connectivity index (χ0v) is 23.7. The molecule has 1 N–H and O–H groups in total. The summed E-state index contributed by atoms with van der Waals surface area (Å²) in [7, 11) is -3.66. The average molecular weight is 575 g/mol. The van der Waals surface area contributed by atoms with E-state index in [4.69, 9.17) is 23.2 Å². The Morgan fingerprint density at radius 1 is 1.05 bits per heavy atom. The maximum absolute atomic E-state index is 13.4. The first-order valence-corrected chi connectivity index (χ1v) is 14.8. The summed E-state index contributed by atoms with van der Waals surface area (Å²) in [5, 5.41) is 3.73. The summed E-state index contributed by atoms with van der Waals surface area (Å²) in [5.74, 6) is -1.04. The van der Waals surface area contributed by atoms with E-state index >= 15 is 0 Å². The highest BCUT2D eigenvalue weighted by molar-refractivity contribution is 7.92. The van der Waals surface area contributed by atoms with Crippen LogP contribution in [0.1, 0.15) is 51.5 Å². The lowest BCUT2D eigenvalue weighted by atomic mass is 10.1. The van der Waals surface area contributed by atoms with Crippen molar-refractivity contribution in [1.82, 2.24) is 10.2 Å². The van der Waals surface area contributed by atoms with E-state index in [0.717, 1.165) is 23.4 Å². The molecular formula is C26H34Cl2FN3O4S. The van der Waals surface area contributed by atoms with Gasteiger partial charge in [0.2, 0.25) is 21.8 Å². The number of rotatable bonds is 14. The van der Waals surface area contributed by atoms with E-state index in [9.17, 15) is 22.4 Å². The number of halogens is 3. The van der Waals surface area contributed by atoms with Gasteiger partial charge in [0.1, 0.15) is 11.9 Å². The second kappa shape index (κ2) is 14.5. The van der Waals surface area contributed by atoms with Crippen LogP contribution in [-0.4, -0.2) is 50.5 Å². The number of benzene rings is 2. The van der Waals surface area contributed by atoms with Crippen LogP contribution in [0.5, 0.6) is 0 Å². The van der Waals surface area contributed by atoms with Gasteiger partial charge in [-0.15, -0.1) is 0 Å². The molecular weight excluding hydrogens is 540 g/mol. The van der Waals surface area contributed by atoms with Crippen molar-refractivity contribution >= 4 is 50.7 Å². The monoisotopic (exact) mass is 573 g/mol. The van der Waals surface area contributed by atoms with Crippen LogP contribution in [0.3, 0.4) is 0 Å². The lowest BCUT2D eigenvalue weighted by Crippen LogP contribution is -2.49. The first kappa shape index (κ1) is 30.9. The SMILES string of the molecule is CCCCNC(=O)C(CC)N(Cc1ccc(Cl)cc1Cl)C(=O)CCCN(c1ccc(F)cc1)S(C)(=O)=O. The second-order valence-electron chi connectivity index (χ2n) is 8.74. The number of unbranched alkanes of at least 4 members (excludes halogenated alkanes) is 1. The molecule has 0 aliphatic heterocycles. The van der Waals surface area contributed by atoms with Gasteiger partial charge in [-0.2, -0.15) is 0 Å². The fraction of sp³-hybridized carbons (Fsp3) is 0.462. The average Bonchev–Trinajstić information content (AvgIpc) is 2.83. The molecule has 1 unspecified atom stereocenters. The summed E-state index contributed by atoms with van der Waals surface area (Å²) in [4.78, 5) is 27.9. The maximum Gasteiger partial charge on any atom is 0.242 e. The van der Waals surface area contributed by atoms with Gasteiger partial charge in [-0.05, 0) is 61.2 Å². The molecule has 0 aromatic heterocycles. The second-order valence-corrected chi connectivity index (χ2v) is 11.5. The molecule has 2 amide bonds. The highest BCUT2D eigenvalue weighted by atomic mass is 35.5. The van der Waals surface area contributed by atoms with E-state index in [1.54, 1.807) is 18.2 Å². The predicted octanol–water partition coefficient (Wildman–Crippen LogP) is 5.40. The minimum Gasteiger partial charge on any atom is -0.354 e. The van der Waals surface area contributed by atoms with Gasteiger partial charge in [-0.1, -0.05) is 49.5 Å². The number of amides is 2. The Morgan fingerprint density at radius 3 is 2.30 bits per heavy atom. The number of nitrogens with one attached hydrogen (secondary N) is 1. The lowest BCUT2D eigenvalue weighted by Gasteiger charge is -2.31. The molecule has 0 saturated heterocycles. The molecule has 0 heterocycles. The van der Waals surface area contributed by atoms with Crippen LogP contribution in [-0.2, 0) is 26.2 Å². The Labute approximate surface area is 229 Å². The van der Waals surface area contributed by atoms with Crippen molar-refractivity contribution in [2.75, 3.05) is 23.7 Å². The third-order valence-corrected chi connectivity index (χ3v) is 7.62. The molecule has 0 aliphatic rings. The van der Waals surface area contributed by atoms with Gasteiger partial charge in [0, 0.05) is 36.1 Å². The van der Waals surface area contributed by atoms with Crippen LogP contribution in [0.15, 0.2) is 42.5 Å². The zero-order chi connectivity index (χ0) is 27.6. The molecule has 0 aliphatic carbocycles. The lowest BCUT2D eigenvalue weighted by molar-refractivity contribution is -0.141. The summed E-state index contributed by atoms with van der Waals surface area (Å²) in [6.45, 7) is 4.48. The first-order chi connectivity index (χ1) is 17.5. The minimum atomic E-state index is -3.66. The molecule has 1 atom stereocenters. The number of carbonyl (C=O) groups is 2. The normalized spacial score (nSPS) is 12.2. The maximum atomic E-state index is 13.4. The fourth-order valence-corrected chi connectivity index (χ4v) is 5.30. The van der Waals surface area contributed by atoms with E-state index in [0.29, 0.717) is 34.3 Å². The van der Waals surface area contributed by atoms with Gasteiger partial charge in [-0.25, -0.2) is 12.8 Å². The van der Waals surface area contributed by atoms with Gasteiger partial charge < -0.3 is 10.2 Å². The van der Waals surface area contributed by atoms with Crippen molar-refractivity contribution in [2.45, 2.75) is 58.5 Å². The van der Waals surface area contributed by atoms with Crippen molar-refractivity contribution in [3.05, 3.63) is 63.9 Å². The molecule has 2 rings (SSSR count). The van der Waals surface area contributed by atoms with Gasteiger partial charge in [-0.3, -0.25) is 13.9 Å². The van der Waals surface area contributed by atoms with Crippen LogP contribution in [0.4, 0.5) is 10.1 Å². The number of hydrogen-bond acceptors (Lipinski definition) is 4. The molecule has 7 nitrogen and oxygen atoms in total. The Hall–Kier alpha value is -2.36. The predicted molar refractivity (Wildman–Crippen MR) is 147 cm³/mol. The van der Waals surface area contributed by atoms with Gasteiger partial charge in [0.15, 0.2) is 0 Å². The van der Waals surface area contributed by atoms with Crippen LogP contribution in [0.2, 0.25) is 10.0 Å². The third kappa shape index (κ3) is 9.47. The Bertz CT molecular complexity index is 1160. The molecule has 0 saturated carbocycles. The first-order valence-electron chi connectivity index (χ1n) is 12.2. The summed E-state index contributed by atoms with van der Waals surface area (Å²) in [6, 6.07) is 9.35. The number of sulfonamides is 1. The van der Waals surface area contributed by atoms with Crippen LogP contribution < -0.4 is 9.62 Å². The highest BCUT2D eigenvalue weighted by Crippen LogP contribution is 2.25. The van der Waals surface area contributed by atoms with E-state index < -0.39 is 21.9 Å². The molecule has 204 valence electrons. The number of anilines is 1. The summed E-state index contributed by atoms with van der Waals surface area (Å²) in [5.41, 5.74) is 0.950. The van der Waals surface area contributed by atoms with Crippen LogP contribution in [0.25, 0.3) is 0 Å². The highest BCUT2D eigenvalue weighted by Gasteiger charge is 2.29. The summed E-state index contributed by atoms with van der Waals surface area (Å²) < 4.78 is 39.2. The van der Waals surface area contributed by atoms with Gasteiger partial charge in [0.25, 0.3) is 0 Å². The van der Waals surface area contributed by atoms with E-state index in [1.165, 1.54) is 29.2 Å². The molecule has 2 aromatic carbocycles. The molecule has 11 heteroatoms. The molecule has 0 bridgehead atoms. The van der Waals surface area contributed by atoms with Crippen LogP contribution in [0, 0.1) is 5.82 Å². The number of carbonyl (C=O) groups excluding carboxylic acids is 2. The molecule has 0 radical (unpaired) electrons. The molecule has 0 spiro atoms. The molecule has 2 aromatic rings. The van der Waals surface area contributed by atoms with Crippen LogP contribution >= 0.6 is 23.2 Å². The molecule has 0 fully saturated rings. The van der Waals surface area contributed by atoms with Crippen molar-refractivity contribution in [1.29, 1.82) is 0 Å². The van der Waals surface area contributed by atoms with Crippen molar-refractivity contribution in [3.8, 4) is 0 Å². The van der Waals surface area contributed by atoms with E-state index in [1.807, 2.05) is 13.8 Å². The van der Waals surface area contributed by atoms with Crippen molar-refractivity contribution < 1.29 is 22.4 Å². The quantitative estimate of drug-likeness (QED) is 0.306. The number of nitrogens with zero attached hydrogens (tertiary/aromatic N) is 2. The smallest absolute Gasteiger partial charge is 0.242 e. The van der Waals surface area contributed by atoms with E-state index in [-0.39, 0.29) is 37.7 Å². The number of hydrogen-bond donors (Lipinski definition) is 1. The van der Waals surface area contributed by atoms with Crippen molar-refractivity contribution in [3.63, 3.8) is 0 Å². The minimum absolute atomic E-state index is 0.00281. The topological polar surface area (TPSA) is 86.8 Å². The van der Waals surface area contributed by atoms with Crippen molar-refractivity contribution in [2.24, 2.45) is 0 Å². The van der Waals surface area contributed by atoms with Gasteiger partial charge >= 0.3 is 0 Å². The Morgan fingerprint density at radius 2 is 1.73 bits per heavy atom. The largest absolute Gasteiger partial charge is 0.354 e.